The highest BCUT2D eigenvalue weighted by Crippen LogP contribution is 2.26. The summed E-state index contributed by atoms with van der Waals surface area (Å²) < 4.78 is 24.8. The monoisotopic (exact) mass is 273 g/mol. The van der Waals surface area contributed by atoms with Crippen molar-refractivity contribution in [2.24, 2.45) is 0 Å². The molecule has 19 heavy (non-hydrogen) atoms. The number of aromatic nitrogens is 2. The third-order valence-corrected chi connectivity index (χ3v) is 4.48. The van der Waals surface area contributed by atoms with Crippen molar-refractivity contribution < 1.29 is 8.42 Å². The summed E-state index contributed by atoms with van der Waals surface area (Å²) in [5.74, 6) is 0. The van der Waals surface area contributed by atoms with E-state index in [1.54, 1.807) is 12.2 Å². The van der Waals surface area contributed by atoms with Gasteiger partial charge in [0, 0.05) is 11.9 Å². The predicted molar refractivity (Wildman–Crippen MR) is 73.0 cm³/mol. The molecule has 1 aromatic carbocycles. The van der Waals surface area contributed by atoms with Crippen LogP contribution in [-0.4, -0.2) is 18.6 Å². The van der Waals surface area contributed by atoms with Gasteiger partial charge in [0.2, 0.25) is 9.84 Å². The standard InChI is InChI=1S/C13H11N3O2S/c17-19(18,11-8-14-15-9-11)13-7-3-5-10-4-1-2-6-12(10)16-13/h1-9,16H,(H,14,15). The van der Waals surface area contributed by atoms with Crippen LogP contribution in [-0.2, 0) is 9.84 Å². The first-order valence-corrected chi connectivity index (χ1v) is 7.14. The SMILES string of the molecule is O=S(=O)(C1=CC=Cc2ccccc2N1)c1cn[nH]c1. The van der Waals surface area contributed by atoms with Crippen LogP contribution in [0.4, 0.5) is 5.69 Å². The molecule has 1 aliphatic rings. The number of benzene rings is 1. The number of para-hydroxylation sites is 1. The summed E-state index contributed by atoms with van der Waals surface area (Å²) in [7, 11) is -3.58. The molecule has 0 fully saturated rings. The third-order valence-electron chi connectivity index (χ3n) is 2.81. The molecule has 0 amide bonds. The third kappa shape index (κ3) is 2.06. The minimum absolute atomic E-state index is 0.134. The average Bonchev–Trinajstić information content (AvgIpc) is 2.85. The van der Waals surface area contributed by atoms with Gasteiger partial charge in [0.25, 0.3) is 0 Å². The topological polar surface area (TPSA) is 74.8 Å². The molecule has 0 saturated carbocycles. The number of allylic oxidation sites excluding steroid dienone is 2. The van der Waals surface area contributed by atoms with Crippen LogP contribution in [0.1, 0.15) is 5.56 Å². The van der Waals surface area contributed by atoms with Gasteiger partial charge < -0.3 is 5.32 Å². The molecule has 1 aromatic heterocycles. The van der Waals surface area contributed by atoms with E-state index in [1.807, 2.05) is 30.3 Å². The van der Waals surface area contributed by atoms with Crippen molar-refractivity contribution >= 4 is 21.6 Å². The summed E-state index contributed by atoms with van der Waals surface area (Å²) in [5.41, 5.74) is 1.70. The summed E-state index contributed by atoms with van der Waals surface area (Å²) in [6.07, 6.45) is 7.77. The minimum Gasteiger partial charge on any atom is -0.345 e. The highest BCUT2D eigenvalue weighted by molar-refractivity contribution is 7.95. The van der Waals surface area contributed by atoms with Gasteiger partial charge in [-0.2, -0.15) is 5.10 Å². The van der Waals surface area contributed by atoms with Crippen LogP contribution in [0.3, 0.4) is 0 Å². The van der Waals surface area contributed by atoms with Gasteiger partial charge in [-0.15, -0.1) is 0 Å². The van der Waals surface area contributed by atoms with Gasteiger partial charge in [-0.25, -0.2) is 8.42 Å². The number of rotatable bonds is 2. The fourth-order valence-corrected chi connectivity index (χ4v) is 2.99. The normalized spacial score (nSPS) is 14.2. The molecule has 96 valence electrons. The van der Waals surface area contributed by atoms with Crippen molar-refractivity contribution in [1.29, 1.82) is 0 Å². The molecule has 2 aromatic rings. The van der Waals surface area contributed by atoms with Crippen LogP contribution in [0, 0.1) is 0 Å². The lowest BCUT2D eigenvalue weighted by molar-refractivity contribution is 0.602. The van der Waals surface area contributed by atoms with E-state index in [0.29, 0.717) is 0 Å². The zero-order valence-corrected chi connectivity index (χ0v) is 10.7. The molecular weight excluding hydrogens is 262 g/mol. The largest absolute Gasteiger partial charge is 0.345 e. The van der Waals surface area contributed by atoms with Gasteiger partial charge in [0.15, 0.2) is 0 Å². The molecule has 1 aliphatic heterocycles. The lowest BCUT2D eigenvalue weighted by atomic mass is 10.2. The molecule has 0 aliphatic carbocycles. The number of aromatic amines is 1. The first-order chi connectivity index (χ1) is 9.18. The molecule has 2 heterocycles. The molecule has 3 rings (SSSR count). The Morgan fingerprint density at radius 2 is 2.00 bits per heavy atom. The van der Waals surface area contributed by atoms with Crippen molar-refractivity contribution in [2.45, 2.75) is 4.90 Å². The van der Waals surface area contributed by atoms with Crippen LogP contribution in [0.25, 0.3) is 6.08 Å². The van der Waals surface area contributed by atoms with Crippen molar-refractivity contribution in [2.75, 3.05) is 5.32 Å². The number of nitrogens with one attached hydrogen (secondary N) is 2. The van der Waals surface area contributed by atoms with E-state index in [0.717, 1.165) is 11.3 Å². The Morgan fingerprint density at radius 3 is 2.79 bits per heavy atom. The van der Waals surface area contributed by atoms with E-state index in [4.69, 9.17) is 0 Å². The van der Waals surface area contributed by atoms with E-state index < -0.39 is 9.84 Å². The average molecular weight is 273 g/mol. The Bertz CT molecular complexity index is 759. The number of hydrogen-bond acceptors (Lipinski definition) is 4. The fraction of sp³-hybridized carbons (Fsp3) is 0. The Balaban J connectivity index is 2.05. The molecule has 5 nitrogen and oxygen atoms in total. The molecule has 0 unspecified atom stereocenters. The van der Waals surface area contributed by atoms with Crippen LogP contribution in [0.2, 0.25) is 0 Å². The van der Waals surface area contributed by atoms with Gasteiger partial charge in [0.1, 0.15) is 9.92 Å². The van der Waals surface area contributed by atoms with Crippen LogP contribution >= 0.6 is 0 Å². The van der Waals surface area contributed by atoms with E-state index in [-0.39, 0.29) is 9.92 Å². The molecular formula is C13H11N3O2S. The van der Waals surface area contributed by atoms with Crippen molar-refractivity contribution in [3.63, 3.8) is 0 Å². The Labute approximate surface area is 110 Å². The maximum atomic E-state index is 12.4. The van der Waals surface area contributed by atoms with Gasteiger partial charge in [-0.05, 0) is 17.7 Å². The summed E-state index contributed by atoms with van der Waals surface area (Å²) in [6.45, 7) is 0. The maximum absolute atomic E-state index is 12.4. The summed E-state index contributed by atoms with van der Waals surface area (Å²) in [4.78, 5) is 0.138. The zero-order valence-electron chi connectivity index (χ0n) is 9.87. The van der Waals surface area contributed by atoms with Crippen molar-refractivity contribution in [3.8, 4) is 0 Å². The van der Waals surface area contributed by atoms with Gasteiger partial charge in [0.05, 0.1) is 6.20 Å². The number of sulfone groups is 1. The highest BCUT2D eigenvalue weighted by Gasteiger charge is 2.22. The summed E-state index contributed by atoms with van der Waals surface area (Å²) in [5, 5.41) is 9.27. The van der Waals surface area contributed by atoms with Gasteiger partial charge in [-0.1, -0.05) is 30.4 Å². The van der Waals surface area contributed by atoms with E-state index in [2.05, 4.69) is 15.5 Å². The van der Waals surface area contributed by atoms with Crippen molar-refractivity contribution in [3.05, 3.63) is 59.4 Å². The van der Waals surface area contributed by atoms with Crippen LogP contribution in [0.15, 0.2) is 58.7 Å². The zero-order chi connectivity index (χ0) is 13.3. The summed E-state index contributed by atoms with van der Waals surface area (Å²) >= 11 is 0. The maximum Gasteiger partial charge on any atom is 0.224 e. The lowest BCUT2D eigenvalue weighted by Crippen LogP contribution is -2.12. The predicted octanol–water partition coefficient (Wildman–Crippen LogP) is 2.16. The Kier molecular flexibility index (Phi) is 2.72. The molecule has 0 atom stereocenters. The van der Waals surface area contributed by atoms with E-state index in [1.165, 1.54) is 12.4 Å². The first kappa shape index (κ1) is 11.7. The quantitative estimate of drug-likeness (QED) is 0.879. The highest BCUT2D eigenvalue weighted by atomic mass is 32.2. The number of hydrogen-bond donors (Lipinski definition) is 2. The molecule has 0 spiro atoms. The van der Waals surface area contributed by atoms with E-state index in [9.17, 15) is 8.42 Å². The van der Waals surface area contributed by atoms with Crippen molar-refractivity contribution in [1.82, 2.24) is 10.2 Å². The van der Waals surface area contributed by atoms with E-state index >= 15 is 0 Å². The second-order valence-electron chi connectivity index (χ2n) is 4.04. The number of H-pyrrole nitrogens is 1. The molecule has 6 heteroatoms. The molecule has 0 saturated heterocycles. The molecule has 0 radical (unpaired) electrons. The minimum atomic E-state index is -3.58. The number of nitrogens with zero attached hydrogens (tertiary/aromatic N) is 1. The smallest absolute Gasteiger partial charge is 0.224 e. The number of anilines is 1. The lowest BCUT2D eigenvalue weighted by Gasteiger charge is -2.11. The summed E-state index contributed by atoms with van der Waals surface area (Å²) in [6, 6.07) is 7.51. The van der Waals surface area contributed by atoms with Gasteiger partial charge >= 0.3 is 0 Å². The molecule has 0 bridgehead atoms. The molecule has 2 N–H and O–H groups in total. The van der Waals surface area contributed by atoms with Crippen LogP contribution < -0.4 is 5.32 Å². The van der Waals surface area contributed by atoms with Crippen LogP contribution in [0.5, 0.6) is 0 Å². The number of fused-ring (bicyclic) bond motifs is 1. The second-order valence-corrected chi connectivity index (χ2v) is 5.96. The van der Waals surface area contributed by atoms with Gasteiger partial charge in [-0.3, -0.25) is 5.10 Å². The Morgan fingerprint density at radius 1 is 1.16 bits per heavy atom. The second kappa shape index (κ2) is 4.40. The fourth-order valence-electron chi connectivity index (χ4n) is 1.84. The first-order valence-electron chi connectivity index (χ1n) is 5.66. The Hall–Kier alpha value is -2.34.